The Hall–Kier alpha value is -0.310. The highest BCUT2D eigenvalue weighted by Crippen LogP contribution is 2.13. The maximum Gasteiger partial charge on any atom is 0.223 e. The van der Waals surface area contributed by atoms with Gasteiger partial charge in [0.2, 0.25) is 5.91 Å². The summed E-state index contributed by atoms with van der Waals surface area (Å²) in [5.74, 6) is 0.298. The third-order valence-corrected chi connectivity index (χ3v) is 1.98. The van der Waals surface area contributed by atoms with Crippen molar-refractivity contribution in [2.24, 2.45) is 0 Å². The second kappa shape index (κ2) is 3.90. The Labute approximate surface area is 70.3 Å². The SMILES string of the molecule is O=C(CCCl)N1CC[C@@H](F)C1. The summed E-state index contributed by atoms with van der Waals surface area (Å²) in [4.78, 5) is 12.6. The Bertz CT molecular complexity index is 153. The van der Waals surface area contributed by atoms with Gasteiger partial charge in [-0.15, -0.1) is 11.6 Å². The minimum atomic E-state index is -0.825. The third kappa shape index (κ3) is 2.33. The van der Waals surface area contributed by atoms with Crippen LogP contribution in [-0.4, -0.2) is 35.9 Å². The minimum Gasteiger partial charge on any atom is -0.340 e. The number of amides is 1. The smallest absolute Gasteiger partial charge is 0.223 e. The largest absolute Gasteiger partial charge is 0.340 e. The summed E-state index contributed by atoms with van der Waals surface area (Å²) < 4.78 is 12.5. The van der Waals surface area contributed by atoms with Crippen molar-refractivity contribution in [3.8, 4) is 0 Å². The standard InChI is InChI=1S/C7H11ClFNO/c8-3-1-7(11)10-4-2-6(9)5-10/h6H,1-5H2/t6-/m1/s1. The number of likely N-dealkylation sites (tertiary alicyclic amines) is 1. The van der Waals surface area contributed by atoms with Gasteiger partial charge >= 0.3 is 0 Å². The molecule has 0 N–H and O–H groups in total. The minimum absolute atomic E-state index is 0.0276. The van der Waals surface area contributed by atoms with E-state index in [9.17, 15) is 9.18 Å². The van der Waals surface area contributed by atoms with E-state index in [4.69, 9.17) is 11.6 Å². The Morgan fingerprint density at radius 3 is 2.91 bits per heavy atom. The van der Waals surface area contributed by atoms with Crippen LogP contribution in [0.4, 0.5) is 4.39 Å². The lowest BCUT2D eigenvalue weighted by molar-refractivity contribution is -0.129. The third-order valence-electron chi connectivity index (χ3n) is 1.79. The molecule has 1 amide bonds. The lowest BCUT2D eigenvalue weighted by atomic mass is 10.3. The van der Waals surface area contributed by atoms with Gasteiger partial charge in [0.1, 0.15) is 6.17 Å². The molecule has 0 aromatic heterocycles. The maximum absolute atomic E-state index is 12.5. The first-order chi connectivity index (χ1) is 5.24. The van der Waals surface area contributed by atoms with Crippen LogP contribution in [0.15, 0.2) is 0 Å². The van der Waals surface area contributed by atoms with Crippen molar-refractivity contribution >= 4 is 17.5 Å². The van der Waals surface area contributed by atoms with Gasteiger partial charge in [-0.05, 0) is 6.42 Å². The van der Waals surface area contributed by atoms with Crippen LogP contribution in [0.2, 0.25) is 0 Å². The van der Waals surface area contributed by atoms with E-state index >= 15 is 0 Å². The van der Waals surface area contributed by atoms with Gasteiger partial charge in [0.05, 0.1) is 6.54 Å². The highest BCUT2D eigenvalue weighted by atomic mass is 35.5. The monoisotopic (exact) mass is 179 g/mol. The van der Waals surface area contributed by atoms with Crippen molar-refractivity contribution < 1.29 is 9.18 Å². The van der Waals surface area contributed by atoms with E-state index in [-0.39, 0.29) is 12.5 Å². The average molecular weight is 180 g/mol. The number of carbonyl (C=O) groups excluding carboxylic acids is 1. The number of carbonyl (C=O) groups is 1. The van der Waals surface area contributed by atoms with E-state index < -0.39 is 6.17 Å². The van der Waals surface area contributed by atoms with Gasteiger partial charge in [0.25, 0.3) is 0 Å². The first-order valence-electron chi connectivity index (χ1n) is 3.72. The van der Waals surface area contributed by atoms with Gasteiger partial charge in [0.15, 0.2) is 0 Å². The molecular weight excluding hydrogens is 169 g/mol. The summed E-state index contributed by atoms with van der Waals surface area (Å²) in [6, 6.07) is 0. The zero-order chi connectivity index (χ0) is 8.27. The van der Waals surface area contributed by atoms with E-state index in [1.807, 2.05) is 0 Å². The van der Waals surface area contributed by atoms with Crippen molar-refractivity contribution in [1.82, 2.24) is 4.90 Å². The fourth-order valence-corrected chi connectivity index (χ4v) is 1.34. The summed E-state index contributed by atoms with van der Waals surface area (Å²) in [6.45, 7) is 0.812. The Morgan fingerprint density at radius 1 is 1.73 bits per heavy atom. The van der Waals surface area contributed by atoms with Gasteiger partial charge < -0.3 is 4.90 Å². The first kappa shape index (κ1) is 8.78. The molecule has 0 aromatic rings. The van der Waals surface area contributed by atoms with Gasteiger partial charge in [-0.25, -0.2) is 4.39 Å². The molecule has 2 nitrogen and oxygen atoms in total. The van der Waals surface area contributed by atoms with Gasteiger partial charge in [-0.3, -0.25) is 4.79 Å². The molecule has 1 heterocycles. The molecule has 0 spiro atoms. The van der Waals surface area contributed by atoms with E-state index in [0.717, 1.165) is 0 Å². The van der Waals surface area contributed by atoms with E-state index in [1.54, 1.807) is 0 Å². The lowest BCUT2D eigenvalue weighted by Gasteiger charge is -2.13. The van der Waals surface area contributed by atoms with Crippen LogP contribution in [0.3, 0.4) is 0 Å². The zero-order valence-electron chi connectivity index (χ0n) is 6.22. The maximum atomic E-state index is 12.5. The first-order valence-corrected chi connectivity index (χ1v) is 4.25. The normalized spacial score (nSPS) is 24.2. The Morgan fingerprint density at radius 2 is 2.45 bits per heavy atom. The van der Waals surface area contributed by atoms with Crippen LogP contribution < -0.4 is 0 Å². The van der Waals surface area contributed by atoms with Gasteiger partial charge in [0, 0.05) is 18.8 Å². The van der Waals surface area contributed by atoms with Crippen molar-refractivity contribution in [3.63, 3.8) is 0 Å². The summed E-state index contributed by atoms with van der Waals surface area (Å²) in [5, 5.41) is 0. The second-order valence-corrected chi connectivity index (χ2v) is 3.04. The van der Waals surface area contributed by atoms with Crippen LogP contribution in [0, 0.1) is 0 Å². The van der Waals surface area contributed by atoms with E-state index in [1.165, 1.54) is 4.90 Å². The number of rotatable bonds is 2. The second-order valence-electron chi connectivity index (χ2n) is 2.66. The quantitative estimate of drug-likeness (QED) is 0.583. The predicted octanol–water partition coefficient (Wildman–Crippen LogP) is 1.19. The molecule has 0 aromatic carbocycles. The number of halogens is 2. The van der Waals surface area contributed by atoms with Crippen LogP contribution in [-0.2, 0) is 4.79 Å². The number of nitrogens with zero attached hydrogens (tertiary/aromatic N) is 1. The summed E-state index contributed by atoms with van der Waals surface area (Å²) >= 11 is 5.37. The Balaban J connectivity index is 2.31. The van der Waals surface area contributed by atoms with Crippen molar-refractivity contribution in [2.75, 3.05) is 19.0 Å². The van der Waals surface area contributed by atoms with Crippen molar-refractivity contribution in [3.05, 3.63) is 0 Å². The molecule has 1 saturated heterocycles. The molecule has 0 aliphatic carbocycles. The molecule has 1 fully saturated rings. The van der Waals surface area contributed by atoms with E-state index in [0.29, 0.717) is 25.3 Å². The molecule has 0 bridgehead atoms. The molecule has 1 atom stereocenters. The fourth-order valence-electron chi connectivity index (χ4n) is 1.18. The summed E-state index contributed by atoms with van der Waals surface area (Å²) in [6.07, 6.45) is -0.0169. The molecule has 4 heteroatoms. The zero-order valence-corrected chi connectivity index (χ0v) is 6.98. The van der Waals surface area contributed by atoms with Gasteiger partial charge in [-0.1, -0.05) is 0 Å². The molecule has 11 heavy (non-hydrogen) atoms. The molecule has 1 aliphatic heterocycles. The van der Waals surface area contributed by atoms with Crippen LogP contribution >= 0.6 is 11.6 Å². The highest BCUT2D eigenvalue weighted by Gasteiger charge is 2.24. The molecule has 1 aliphatic rings. The molecule has 0 radical (unpaired) electrons. The van der Waals surface area contributed by atoms with E-state index in [2.05, 4.69) is 0 Å². The average Bonchev–Trinajstić information content (AvgIpc) is 2.36. The number of hydrogen-bond donors (Lipinski definition) is 0. The van der Waals surface area contributed by atoms with Crippen LogP contribution in [0.25, 0.3) is 0 Å². The van der Waals surface area contributed by atoms with Crippen molar-refractivity contribution in [2.45, 2.75) is 19.0 Å². The number of alkyl halides is 2. The summed E-state index contributed by atoms with van der Waals surface area (Å²) in [7, 11) is 0. The van der Waals surface area contributed by atoms with Gasteiger partial charge in [-0.2, -0.15) is 0 Å². The molecule has 64 valence electrons. The lowest BCUT2D eigenvalue weighted by Crippen LogP contribution is -2.28. The van der Waals surface area contributed by atoms with Crippen LogP contribution in [0.1, 0.15) is 12.8 Å². The molecule has 1 rings (SSSR count). The Kier molecular flexibility index (Phi) is 3.12. The molecular formula is C7H11ClFNO. The van der Waals surface area contributed by atoms with Crippen LogP contribution in [0.5, 0.6) is 0 Å². The summed E-state index contributed by atoms with van der Waals surface area (Å²) in [5.41, 5.74) is 0. The fraction of sp³-hybridized carbons (Fsp3) is 0.857. The highest BCUT2D eigenvalue weighted by molar-refractivity contribution is 6.18. The predicted molar refractivity (Wildman–Crippen MR) is 41.4 cm³/mol. The topological polar surface area (TPSA) is 20.3 Å². The molecule has 0 saturated carbocycles. The number of hydrogen-bond acceptors (Lipinski definition) is 1. The molecule has 0 unspecified atom stereocenters. The van der Waals surface area contributed by atoms with Crippen molar-refractivity contribution in [1.29, 1.82) is 0 Å².